The Morgan fingerprint density at radius 2 is 2.19 bits per heavy atom. The zero-order valence-electron chi connectivity index (χ0n) is 14.6. The van der Waals surface area contributed by atoms with Gasteiger partial charge in [0.25, 0.3) is 0 Å². The highest BCUT2D eigenvalue weighted by Crippen LogP contribution is 2.40. The lowest BCUT2D eigenvalue weighted by Gasteiger charge is -2.30. The molecule has 27 heavy (non-hydrogen) atoms. The van der Waals surface area contributed by atoms with Gasteiger partial charge in [0.1, 0.15) is 17.2 Å². The highest BCUT2D eigenvalue weighted by atomic mass is 32.1. The highest BCUT2D eigenvalue weighted by molar-refractivity contribution is 7.15. The number of imidazole rings is 1. The molecule has 3 aromatic rings. The summed E-state index contributed by atoms with van der Waals surface area (Å²) in [6.07, 6.45) is -0.310. The van der Waals surface area contributed by atoms with Crippen LogP contribution in [0.3, 0.4) is 0 Å². The monoisotopic (exact) mass is 389 g/mol. The maximum Gasteiger partial charge on any atom is 0.407 e. The summed E-state index contributed by atoms with van der Waals surface area (Å²) in [6.45, 7) is 2.30. The lowest BCUT2D eigenvalue weighted by Crippen LogP contribution is -2.36. The smallest absolute Gasteiger partial charge is 0.407 e. The van der Waals surface area contributed by atoms with Crippen molar-refractivity contribution >= 4 is 34.4 Å². The molecule has 0 spiro atoms. The van der Waals surface area contributed by atoms with Crippen molar-refractivity contribution in [1.29, 1.82) is 0 Å². The Bertz CT molecular complexity index is 1070. The van der Waals surface area contributed by atoms with Crippen molar-refractivity contribution < 1.29 is 23.8 Å². The third kappa shape index (κ3) is 2.84. The number of halogens is 1. The first kappa shape index (κ1) is 17.5. The zero-order valence-corrected chi connectivity index (χ0v) is 15.4. The quantitative estimate of drug-likeness (QED) is 0.650. The molecule has 0 saturated heterocycles. The molecule has 0 saturated carbocycles. The van der Waals surface area contributed by atoms with Crippen LogP contribution >= 0.6 is 11.3 Å². The van der Waals surface area contributed by atoms with Gasteiger partial charge in [0.2, 0.25) is 0 Å². The number of fused-ring (bicyclic) bond motifs is 2. The van der Waals surface area contributed by atoms with E-state index in [1.54, 1.807) is 0 Å². The van der Waals surface area contributed by atoms with Crippen molar-refractivity contribution in [3.63, 3.8) is 0 Å². The molecular weight excluding hydrogens is 373 g/mol. The fourth-order valence-electron chi connectivity index (χ4n) is 3.41. The number of aromatic nitrogens is 2. The maximum atomic E-state index is 13.8. The number of methoxy groups -OCH3 is 1. The second-order valence-corrected chi connectivity index (χ2v) is 7.41. The van der Waals surface area contributed by atoms with Crippen LogP contribution in [0.2, 0.25) is 0 Å². The minimum absolute atomic E-state index is 0.0572. The second-order valence-electron chi connectivity index (χ2n) is 6.33. The minimum atomic E-state index is -0.940. The number of nitrogens with one attached hydrogen (secondary N) is 1. The van der Waals surface area contributed by atoms with Crippen LogP contribution in [0.15, 0.2) is 18.2 Å². The normalized spacial score (nSPS) is 16.4. The van der Waals surface area contributed by atoms with Gasteiger partial charge in [-0.3, -0.25) is 0 Å². The van der Waals surface area contributed by atoms with E-state index in [-0.39, 0.29) is 11.6 Å². The van der Waals surface area contributed by atoms with E-state index in [4.69, 9.17) is 4.74 Å². The Hall–Kier alpha value is -2.94. The number of amides is 1. The highest BCUT2D eigenvalue weighted by Gasteiger charge is 2.30. The third-order valence-corrected chi connectivity index (χ3v) is 6.10. The Morgan fingerprint density at radius 1 is 1.41 bits per heavy atom. The molecule has 0 radical (unpaired) electrons. The van der Waals surface area contributed by atoms with Crippen molar-refractivity contribution in [3.05, 3.63) is 40.0 Å². The van der Waals surface area contributed by atoms with Crippen LogP contribution < -0.4 is 0 Å². The van der Waals surface area contributed by atoms with Crippen LogP contribution in [0.25, 0.3) is 21.7 Å². The van der Waals surface area contributed by atoms with Crippen LogP contribution in [0.1, 0.15) is 33.8 Å². The van der Waals surface area contributed by atoms with Crippen molar-refractivity contribution in [2.75, 3.05) is 13.7 Å². The number of ether oxygens (including phenoxy) is 1. The maximum absolute atomic E-state index is 13.8. The summed E-state index contributed by atoms with van der Waals surface area (Å²) in [5.74, 6) is -0.711. The lowest BCUT2D eigenvalue weighted by molar-refractivity contribution is 0.0602. The number of carbonyl (C=O) groups is 2. The van der Waals surface area contributed by atoms with Gasteiger partial charge in [0.05, 0.1) is 29.1 Å². The molecule has 1 atom stereocenters. The van der Waals surface area contributed by atoms with Crippen LogP contribution in [0.5, 0.6) is 0 Å². The molecule has 1 amide bonds. The number of nitrogens with zero attached hydrogens (tertiary/aromatic N) is 2. The van der Waals surface area contributed by atoms with E-state index in [9.17, 15) is 19.1 Å². The fourth-order valence-corrected chi connectivity index (χ4v) is 4.63. The summed E-state index contributed by atoms with van der Waals surface area (Å²) in [5.41, 5.74) is 1.88. The molecule has 1 aromatic carbocycles. The van der Waals surface area contributed by atoms with E-state index in [2.05, 4.69) is 9.97 Å². The van der Waals surface area contributed by atoms with Crippen LogP contribution in [0.4, 0.5) is 9.18 Å². The largest absolute Gasteiger partial charge is 0.465 e. The number of benzene rings is 1. The number of carboxylic acid groups (broad SMARTS) is 1. The number of carbonyl (C=O) groups excluding carboxylic acids is 1. The molecular formula is C18H16FN3O4S. The molecule has 1 unspecified atom stereocenters. The minimum Gasteiger partial charge on any atom is -0.465 e. The average molecular weight is 389 g/mol. The fraction of sp³-hybridized carbons (Fsp3) is 0.278. The molecule has 9 heteroatoms. The SMILES string of the molecule is COC(=O)c1cc(F)cc2[nH]c(-c3cc4c(s3)C(C)N(C(=O)O)CC4)nc12. The number of aromatic amines is 1. The Morgan fingerprint density at radius 3 is 2.89 bits per heavy atom. The summed E-state index contributed by atoms with van der Waals surface area (Å²) in [6, 6.07) is 4.12. The van der Waals surface area contributed by atoms with Crippen LogP contribution in [-0.2, 0) is 11.2 Å². The van der Waals surface area contributed by atoms with Gasteiger partial charge >= 0.3 is 12.1 Å². The van der Waals surface area contributed by atoms with Crippen LogP contribution in [-0.4, -0.2) is 45.7 Å². The van der Waals surface area contributed by atoms with Crippen LogP contribution in [0, 0.1) is 5.82 Å². The summed E-state index contributed by atoms with van der Waals surface area (Å²) >= 11 is 1.45. The van der Waals surface area contributed by atoms with Crippen molar-refractivity contribution in [1.82, 2.24) is 14.9 Å². The topological polar surface area (TPSA) is 95.5 Å². The van der Waals surface area contributed by atoms with Gasteiger partial charge in [0.15, 0.2) is 0 Å². The third-order valence-electron chi connectivity index (χ3n) is 4.75. The van der Waals surface area contributed by atoms with E-state index >= 15 is 0 Å². The molecule has 2 N–H and O–H groups in total. The predicted molar refractivity (Wildman–Crippen MR) is 97.6 cm³/mol. The summed E-state index contributed by atoms with van der Waals surface area (Å²) in [7, 11) is 1.23. The number of esters is 1. The molecule has 4 rings (SSSR count). The predicted octanol–water partition coefficient (Wildman–Crippen LogP) is 3.81. The molecule has 0 fully saturated rings. The molecule has 7 nitrogen and oxygen atoms in total. The molecule has 0 bridgehead atoms. The molecule has 1 aliphatic rings. The van der Waals surface area contributed by atoms with Gasteiger partial charge in [-0.15, -0.1) is 11.3 Å². The Kier molecular flexibility index (Phi) is 4.11. The summed E-state index contributed by atoms with van der Waals surface area (Å²) in [5, 5.41) is 9.32. The first-order valence-corrected chi connectivity index (χ1v) is 9.10. The second kappa shape index (κ2) is 6.34. The number of hydrogen-bond acceptors (Lipinski definition) is 5. The number of thiophene rings is 1. The van der Waals surface area contributed by atoms with Crippen molar-refractivity contribution in [2.45, 2.75) is 19.4 Å². The standard InChI is InChI=1S/C18H16FN3O4S/c1-8-15-9(3-4-22(8)18(24)25)5-13(27-15)16-20-12-7-10(19)6-11(14(12)21-16)17(23)26-2/h5-8H,3-4H2,1-2H3,(H,20,21)(H,24,25). The number of H-pyrrole nitrogens is 1. The van der Waals surface area contributed by atoms with E-state index in [1.807, 2.05) is 13.0 Å². The lowest BCUT2D eigenvalue weighted by atomic mass is 10.0. The first-order valence-electron chi connectivity index (χ1n) is 8.29. The molecule has 2 aromatic heterocycles. The van der Waals surface area contributed by atoms with Gasteiger partial charge in [0, 0.05) is 11.4 Å². The number of hydrogen-bond donors (Lipinski definition) is 2. The van der Waals surface area contributed by atoms with Gasteiger partial charge < -0.3 is 19.7 Å². The van der Waals surface area contributed by atoms with Gasteiger partial charge in [-0.1, -0.05) is 0 Å². The van der Waals surface area contributed by atoms with E-state index in [0.717, 1.165) is 21.4 Å². The molecule has 3 heterocycles. The van der Waals surface area contributed by atoms with E-state index in [1.165, 1.54) is 29.4 Å². The van der Waals surface area contributed by atoms with Gasteiger partial charge in [-0.25, -0.2) is 19.0 Å². The Labute approximate surface area is 157 Å². The first-order chi connectivity index (χ1) is 12.9. The molecule has 1 aliphatic heterocycles. The van der Waals surface area contributed by atoms with Crippen molar-refractivity contribution in [2.24, 2.45) is 0 Å². The van der Waals surface area contributed by atoms with Gasteiger partial charge in [-0.2, -0.15) is 0 Å². The van der Waals surface area contributed by atoms with E-state index in [0.29, 0.717) is 29.8 Å². The van der Waals surface area contributed by atoms with Gasteiger partial charge in [-0.05, 0) is 37.1 Å². The Balaban J connectivity index is 1.79. The zero-order chi connectivity index (χ0) is 19.3. The summed E-state index contributed by atoms with van der Waals surface area (Å²) < 4.78 is 18.6. The molecule has 0 aliphatic carbocycles. The van der Waals surface area contributed by atoms with Crippen molar-refractivity contribution in [3.8, 4) is 10.7 Å². The summed E-state index contributed by atoms with van der Waals surface area (Å²) in [4.78, 5) is 34.0. The number of rotatable bonds is 2. The van der Waals surface area contributed by atoms with E-state index < -0.39 is 17.9 Å². The molecule has 140 valence electrons. The average Bonchev–Trinajstić information content (AvgIpc) is 3.24.